The monoisotopic (exact) mass is 193 g/mol. The van der Waals surface area contributed by atoms with Crippen molar-refractivity contribution < 1.29 is 9.59 Å². The minimum absolute atomic E-state index is 0.00606. The van der Waals surface area contributed by atoms with Crippen LogP contribution in [0.5, 0.6) is 0 Å². The molecule has 0 aromatic heterocycles. The van der Waals surface area contributed by atoms with E-state index in [0.717, 1.165) is 24.8 Å². The molecule has 1 aliphatic heterocycles. The average molecular weight is 193 g/mol. The number of rotatable bonds is 1. The molecule has 0 radical (unpaired) electrons. The normalized spacial score (nSPS) is 26.9. The van der Waals surface area contributed by atoms with Gasteiger partial charge in [-0.2, -0.15) is 0 Å². The zero-order valence-corrected chi connectivity index (χ0v) is 8.62. The number of amides is 2. The summed E-state index contributed by atoms with van der Waals surface area (Å²) in [5.74, 6) is -0.103. The van der Waals surface area contributed by atoms with Crippen molar-refractivity contribution in [1.82, 2.24) is 4.90 Å². The predicted octanol–water partition coefficient (Wildman–Crippen LogP) is 1.49. The van der Waals surface area contributed by atoms with E-state index >= 15 is 0 Å². The number of fused-ring (bicyclic) bond motifs is 1. The van der Waals surface area contributed by atoms with Crippen LogP contribution in [0.15, 0.2) is 11.6 Å². The van der Waals surface area contributed by atoms with Gasteiger partial charge in [0.1, 0.15) is 0 Å². The number of hydrogen-bond acceptors (Lipinski definition) is 2. The first-order chi connectivity index (χ1) is 6.61. The molecule has 76 valence electrons. The van der Waals surface area contributed by atoms with Crippen LogP contribution >= 0.6 is 0 Å². The van der Waals surface area contributed by atoms with Gasteiger partial charge in [0.05, 0.1) is 5.92 Å². The Labute approximate surface area is 83.8 Å². The molecule has 1 atom stereocenters. The quantitative estimate of drug-likeness (QED) is 0.592. The molecule has 2 bridgehead atoms. The van der Waals surface area contributed by atoms with Gasteiger partial charge in [-0.05, 0) is 33.1 Å². The Balaban J connectivity index is 2.36. The topological polar surface area (TPSA) is 37.4 Å². The first-order valence-corrected chi connectivity index (χ1v) is 5.19. The van der Waals surface area contributed by atoms with Crippen LogP contribution in [-0.2, 0) is 9.59 Å². The minimum atomic E-state index is -0.0686. The maximum atomic E-state index is 11.8. The zero-order chi connectivity index (χ0) is 10.3. The molecule has 0 N–H and O–H groups in total. The Morgan fingerprint density at radius 2 is 2.14 bits per heavy atom. The molecular formula is C11H15NO2. The van der Waals surface area contributed by atoms with Crippen LogP contribution < -0.4 is 0 Å². The van der Waals surface area contributed by atoms with E-state index in [9.17, 15) is 9.59 Å². The van der Waals surface area contributed by atoms with E-state index in [0.29, 0.717) is 0 Å². The van der Waals surface area contributed by atoms with Gasteiger partial charge in [0.15, 0.2) is 0 Å². The maximum Gasteiger partial charge on any atom is 0.256 e. The molecule has 2 aliphatic rings. The highest BCUT2D eigenvalue weighted by atomic mass is 16.2. The lowest BCUT2D eigenvalue weighted by molar-refractivity contribution is -0.148. The molecule has 0 spiro atoms. The first-order valence-electron chi connectivity index (χ1n) is 5.19. The molecule has 2 amide bonds. The number of likely N-dealkylation sites (tertiary alicyclic amines) is 1. The van der Waals surface area contributed by atoms with Crippen LogP contribution in [0.4, 0.5) is 0 Å². The molecule has 2 rings (SSSR count). The lowest BCUT2D eigenvalue weighted by Crippen LogP contribution is -2.49. The highest BCUT2D eigenvalue weighted by molar-refractivity contribution is 6.08. The molecule has 0 fully saturated rings. The van der Waals surface area contributed by atoms with E-state index in [1.54, 1.807) is 0 Å². The van der Waals surface area contributed by atoms with Crippen LogP contribution in [0.1, 0.15) is 33.1 Å². The van der Waals surface area contributed by atoms with E-state index in [1.165, 1.54) is 4.90 Å². The van der Waals surface area contributed by atoms with Crippen molar-refractivity contribution in [3.05, 3.63) is 11.6 Å². The third-order valence-electron chi connectivity index (χ3n) is 2.93. The Bertz CT molecular complexity index is 317. The van der Waals surface area contributed by atoms with E-state index < -0.39 is 0 Å². The fourth-order valence-corrected chi connectivity index (χ4v) is 2.22. The van der Waals surface area contributed by atoms with E-state index in [2.05, 4.69) is 0 Å². The molecule has 0 aromatic carbocycles. The molecule has 1 unspecified atom stereocenters. The second-order valence-electron chi connectivity index (χ2n) is 4.30. The average Bonchev–Trinajstić information content (AvgIpc) is 2.16. The second-order valence-corrected chi connectivity index (χ2v) is 4.30. The number of hydrogen-bond donors (Lipinski definition) is 0. The summed E-state index contributed by atoms with van der Waals surface area (Å²) in [6.07, 6.45) is 4.58. The van der Waals surface area contributed by atoms with Gasteiger partial charge in [-0.25, -0.2) is 0 Å². The molecule has 0 saturated heterocycles. The molecule has 3 heteroatoms. The Morgan fingerprint density at radius 1 is 1.43 bits per heavy atom. The summed E-state index contributed by atoms with van der Waals surface area (Å²) >= 11 is 0. The maximum absolute atomic E-state index is 11.8. The van der Waals surface area contributed by atoms with Crippen molar-refractivity contribution in [1.29, 1.82) is 0 Å². The van der Waals surface area contributed by atoms with Gasteiger partial charge in [0, 0.05) is 11.6 Å². The van der Waals surface area contributed by atoms with Crippen molar-refractivity contribution in [2.24, 2.45) is 5.92 Å². The van der Waals surface area contributed by atoms with Gasteiger partial charge >= 0.3 is 0 Å². The van der Waals surface area contributed by atoms with Crippen molar-refractivity contribution in [2.45, 2.75) is 39.2 Å². The summed E-state index contributed by atoms with van der Waals surface area (Å²) in [5.41, 5.74) is 0.842. The van der Waals surface area contributed by atoms with Crippen LogP contribution in [0.2, 0.25) is 0 Å². The van der Waals surface area contributed by atoms with E-state index in [1.807, 2.05) is 19.9 Å². The lowest BCUT2D eigenvalue weighted by Gasteiger charge is -2.35. The summed E-state index contributed by atoms with van der Waals surface area (Å²) in [5, 5.41) is 0. The summed E-state index contributed by atoms with van der Waals surface area (Å²) < 4.78 is 0. The van der Waals surface area contributed by atoms with Gasteiger partial charge in [-0.15, -0.1) is 0 Å². The smallest absolute Gasteiger partial charge is 0.256 e. The minimum Gasteiger partial charge on any atom is -0.276 e. The highest BCUT2D eigenvalue weighted by Crippen LogP contribution is 2.31. The number of imide groups is 1. The molecule has 0 saturated carbocycles. The molecule has 1 aliphatic carbocycles. The van der Waals surface area contributed by atoms with Gasteiger partial charge in [-0.3, -0.25) is 14.5 Å². The summed E-state index contributed by atoms with van der Waals surface area (Å²) in [7, 11) is 0. The van der Waals surface area contributed by atoms with Crippen molar-refractivity contribution in [3.63, 3.8) is 0 Å². The molecule has 3 nitrogen and oxygen atoms in total. The number of carbonyl (C=O) groups excluding carboxylic acids is 2. The molecule has 14 heavy (non-hydrogen) atoms. The number of nitrogens with zero attached hydrogens (tertiary/aromatic N) is 1. The second kappa shape index (κ2) is 3.23. The van der Waals surface area contributed by atoms with Crippen LogP contribution in [0.25, 0.3) is 0 Å². The predicted molar refractivity (Wildman–Crippen MR) is 52.4 cm³/mol. The molecular weight excluding hydrogens is 178 g/mol. The number of carbonyl (C=O) groups is 2. The molecule has 1 heterocycles. The fraction of sp³-hybridized carbons (Fsp3) is 0.636. The summed E-state index contributed by atoms with van der Waals surface area (Å²) in [6, 6.07) is -0.0145. The van der Waals surface area contributed by atoms with Crippen molar-refractivity contribution in [2.75, 3.05) is 0 Å². The van der Waals surface area contributed by atoms with Crippen LogP contribution in [0.3, 0.4) is 0 Å². The Morgan fingerprint density at radius 3 is 2.79 bits per heavy atom. The Hall–Kier alpha value is -1.12. The van der Waals surface area contributed by atoms with E-state index in [-0.39, 0.29) is 23.8 Å². The van der Waals surface area contributed by atoms with Crippen molar-refractivity contribution in [3.8, 4) is 0 Å². The molecule has 0 aromatic rings. The zero-order valence-electron chi connectivity index (χ0n) is 8.62. The lowest BCUT2D eigenvalue weighted by atomic mass is 9.85. The third-order valence-corrected chi connectivity index (χ3v) is 2.93. The standard InChI is InChI=1S/C11H15NO2/c1-7(2)12-10(13)8-4-3-5-9(6-8)11(12)14/h6-8H,3-5H2,1-2H3. The van der Waals surface area contributed by atoms with Gasteiger partial charge < -0.3 is 0 Å². The largest absolute Gasteiger partial charge is 0.276 e. The van der Waals surface area contributed by atoms with Crippen LogP contribution in [0, 0.1) is 5.92 Å². The van der Waals surface area contributed by atoms with Gasteiger partial charge in [-0.1, -0.05) is 6.08 Å². The SMILES string of the molecule is CC(C)N1C(=O)C2=CC(CCC2)C1=O. The summed E-state index contributed by atoms with van der Waals surface area (Å²) in [6.45, 7) is 3.77. The fourth-order valence-electron chi connectivity index (χ4n) is 2.22. The van der Waals surface area contributed by atoms with Crippen LogP contribution in [-0.4, -0.2) is 22.8 Å². The Kier molecular flexibility index (Phi) is 2.17. The van der Waals surface area contributed by atoms with E-state index in [4.69, 9.17) is 0 Å². The first kappa shape index (κ1) is 9.44. The third kappa shape index (κ3) is 1.27. The summed E-state index contributed by atoms with van der Waals surface area (Å²) in [4.78, 5) is 25.1. The van der Waals surface area contributed by atoms with Gasteiger partial charge in [0.2, 0.25) is 5.91 Å². The van der Waals surface area contributed by atoms with Gasteiger partial charge in [0.25, 0.3) is 5.91 Å². The highest BCUT2D eigenvalue weighted by Gasteiger charge is 2.38. The van der Waals surface area contributed by atoms with Crippen molar-refractivity contribution >= 4 is 11.8 Å².